The molecule has 0 bridgehead atoms. The SMILES string of the molecule is CCNC(=NCC(O)c1ccccc1F)NC(C)CCc1ccccc1.I. The number of aryl methyl sites for hydroxylation is 1. The van der Waals surface area contributed by atoms with E-state index in [2.05, 4.69) is 34.7 Å². The predicted molar refractivity (Wildman–Crippen MR) is 120 cm³/mol. The van der Waals surface area contributed by atoms with Gasteiger partial charge in [-0.05, 0) is 38.3 Å². The smallest absolute Gasteiger partial charge is 0.191 e. The van der Waals surface area contributed by atoms with Gasteiger partial charge in [-0.1, -0.05) is 48.5 Å². The molecule has 0 fully saturated rings. The zero-order valence-corrected chi connectivity index (χ0v) is 18.2. The molecule has 2 rings (SSSR count). The van der Waals surface area contributed by atoms with Crippen LogP contribution < -0.4 is 10.6 Å². The van der Waals surface area contributed by atoms with Crippen LogP contribution in [0.15, 0.2) is 59.6 Å². The monoisotopic (exact) mass is 485 g/mol. The second kappa shape index (κ2) is 12.7. The van der Waals surface area contributed by atoms with Gasteiger partial charge in [-0.25, -0.2) is 4.39 Å². The van der Waals surface area contributed by atoms with Crippen molar-refractivity contribution < 1.29 is 9.50 Å². The maximum absolute atomic E-state index is 13.7. The molecule has 6 heteroatoms. The molecule has 2 unspecified atom stereocenters. The number of hydrogen-bond acceptors (Lipinski definition) is 2. The highest BCUT2D eigenvalue weighted by molar-refractivity contribution is 14.0. The molecule has 2 aromatic carbocycles. The van der Waals surface area contributed by atoms with Crippen LogP contribution in [0.5, 0.6) is 0 Å². The van der Waals surface area contributed by atoms with Crippen LogP contribution in [0.3, 0.4) is 0 Å². The fourth-order valence-corrected chi connectivity index (χ4v) is 2.67. The molecule has 3 N–H and O–H groups in total. The number of aliphatic imine (C=N–C) groups is 1. The maximum Gasteiger partial charge on any atom is 0.191 e. The normalized spacial score (nSPS) is 13.4. The first kappa shape index (κ1) is 23.4. The predicted octanol–water partition coefficient (Wildman–Crippen LogP) is 4.05. The second-order valence-electron chi connectivity index (χ2n) is 6.33. The van der Waals surface area contributed by atoms with Crippen molar-refractivity contribution in [2.45, 2.75) is 38.8 Å². The number of aliphatic hydroxyl groups excluding tert-OH is 1. The van der Waals surface area contributed by atoms with E-state index in [-0.39, 0.29) is 42.1 Å². The molecule has 4 nitrogen and oxygen atoms in total. The summed E-state index contributed by atoms with van der Waals surface area (Å²) in [6.07, 6.45) is 0.975. The Balaban J connectivity index is 0.00000364. The summed E-state index contributed by atoms with van der Waals surface area (Å²) in [6, 6.07) is 16.8. The van der Waals surface area contributed by atoms with Crippen molar-refractivity contribution in [3.8, 4) is 0 Å². The van der Waals surface area contributed by atoms with Crippen LogP contribution in [-0.4, -0.2) is 30.2 Å². The van der Waals surface area contributed by atoms with Crippen molar-refractivity contribution in [3.05, 3.63) is 71.5 Å². The molecule has 148 valence electrons. The lowest BCUT2D eigenvalue weighted by molar-refractivity contribution is 0.182. The molecule has 0 heterocycles. The molecule has 2 aromatic rings. The summed E-state index contributed by atoms with van der Waals surface area (Å²) < 4.78 is 13.7. The van der Waals surface area contributed by atoms with Gasteiger partial charge in [-0.15, -0.1) is 24.0 Å². The first-order valence-electron chi connectivity index (χ1n) is 9.11. The Labute approximate surface area is 178 Å². The van der Waals surface area contributed by atoms with Gasteiger partial charge < -0.3 is 15.7 Å². The van der Waals surface area contributed by atoms with Gasteiger partial charge in [0.2, 0.25) is 0 Å². The average molecular weight is 485 g/mol. The fraction of sp³-hybridized carbons (Fsp3) is 0.381. The summed E-state index contributed by atoms with van der Waals surface area (Å²) in [5.74, 6) is 0.216. The summed E-state index contributed by atoms with van der Waals surface area (Å²) in [6.45, 7) is 4.90. The molecule has 2 atom stereocenters. The summed E-state index contributed by atoms with van der Waals surface area (Å²) in [4.78, 5) is 4.40. The van der Waals surface area contributed by atoms with Crippen molar-refractivity contribution in [3.63, 3.8) is 0 Å². The van der Waals surface area contributed by atoms with Crippen LogP contribution in [0, 0.1) is 5.82 Å². The van der Waals surface area contributed by atoms with Gasteiger partial charge in [-0.2, -0.15) is 0 Å². The summed E-state index contributed by atoms with van der Waals surface area (Å²) in [5.41, 5.74) is 1.57. The number of halogens is 2. The molecule has 0 amide bonds. The summed E-state index contributed by atoms with van der Waals surface area (Å²) in [7, 11) is 0. The highest BCUT2D eigenvalue weighted by Crippen LogP contribution is 2.16. The van der Waals surface area contributed by atoms with Crippen LogP contribution in [0.1, 0.15) is 37.5 Å². The zero-order valence-electron chi connectivity index (χ0n) is 15.9. The van der Waals surface area contributed by atoms with Crippen molar-refractivity contribution in [2.24, 2.45) is 4.99 Å². The molecule has 0 aliphatic rings. The number of rotatable bonds is 8. The molecule has 27 heavy (non-hydrogen) atoms. The largest absolute Gasteiger partial charge is 0.386 e. The van der Waals surface area contributed by atoms with E-state index in [4.69, 9.17) is 0 Å². The van der Waals surface area contributed by atoms with Crippen LogP contribution in [0.4, 0.5) is 4.39 Å². The molecule has 0 aromatic heterocycles. The Kier molecular flexibility index (Phi) is 11.0. The minimum absolute atomic E-state index is 0. The van der Waals surface area contributed by atoms with E-state index >= 15 is 0 Å². The quantitative estimate of drug-likeness (QED) is 0.301. The zero-order chi connectivity index (χ0) is 18.8. The van der Waals surface area contributed by atoms with E-state index in [1.807, 2.05) is 25.1 Å². The number of aliphatic hydroxyl groups is 1. The minimum atomic E-state index is -0.966. The van der Waals surface area contributed by atoms with Crippen molar-refractivity contribution in [1.29, 1.82) is 0 Å². The highest BCUT2D eigenvalue weighted by atomic mass is 127. The number of nitrogens with zero attached hydrogens (tertiary/aromatic N) is 1. The highest BCUT2D eigenvalue weighted by Gasteiger charge is 2.12. The van der Waals surface area contributed by atoms with Crippen LogP contribution >= 0.6 is 24.0 Å². The molecule has 0 aliphatic heterocycles. The van der Waals surface area contributed by atoms with Gasteiger partial charge in [0.05, 0.1) is 6.54 Å². The Morgan fingerprint density at radius 3 is 2.44 bits per heavy atom. The Bertz CT molecular complexity index is 697. The number of guanidine groups is 1. The first-order chi connectivity index (χ1) is 12.6. The van der Waals surface area contributed by atoms with E-state index in [0.29, 0.717) is 12.5 Å². The van der Waals surface area contributed by atoms with E-state index in [1.165, 1.54) is 11.6 Å². The minimum Gasteiger partial charge on any atom is -0.386 e. The van der Waals surface area contributed by atoms with Gasteiger partial charge in [0.15, 0.2) is 5.96 Å². The third-order valence-electron chi connectivity index (χ3n) is 4.12. The van der Waals surface area contributed by atoms with Crippen molar-refractivity contribution >= 4 is 29.9 Å². The van der Waals surface area contributed by atoms with Gasteiger partial charge in [0, 0.05) is 18.2 Å². The van der Waals surface area contributed by atoms with Crippen molar-refractivity contribution in [2.75, 3.05) is 13.1 Å². The van der Waals surface area contributed by atoms with Gasteiger partial charge >= 0.3 is 0 Å². The topological polar surface area (TPSA) is 56.7 Å². The van der Waals surface area contributed by atoms with E-state index in [1.54, 1.807) is 18.2 Å². The third-order valence-corrected chi connectivity index (χ3v) is 4.12. The molecule has 0 aliphatic carbocycles. The first-order valence-corrected chi connectivity index (χ1v) is 9.11. The molecular weight excluding hydrogens is 456 g/mol. The average Bonchev–Trinajstić information content (AvgIpc) is 2.65. The van der Waals surface area contributed by atoms with Crippen LogP contribution in [-0.2, 0) is 6.42 Å². The van der Waals surface area contributed by atoms with E-state index in [0.717, 1.165) is 12.8 Å². The standard InChI is InChI=1S/C21H28FN3O.HI/c1-3-23-21(24-15-20(26)18-11-7-8-12-19(18)22)25-16(2)13-14-17-9-5-4-6-10-17;/h4-12,16,20,26H,3,13-15H2,1-2H3,(H2,23,24,25);1H. The Morgan fingerprint density at radius 1 is 1.11 bits per heavy atom. The van der Waals surface area contributed by atoms with Crippen LogP contribution in [0.2, 0.25) is 0 Å². The lowest BCUT2D eigenvalue weighted by Gasteiger charge is -2.18. The number of benzene rings is 2. The fourth-order valence-electron chi connectivity index (χ4n) is 2.67. The molecule has 0 spiro atoms. The van der Waals surface area contributed by atoms with Crippen molar-refractivity contribution in [1.82, 2.24) is 10.6 Å². The second-order valence-corrected chi connectivity index (χ2v) is 6.33. The Morgan fingerprint density at radius 2 is 1.78 bits per heavy atom. The van der Waals surface area contributed by atoms with Crippen LogP contribution in [0.25, 0.3) is 0 Å². The molecule has 0 saturated carbocycles. The lowest BCUT2D eigenvalue weighted by atomic mass is 10.1. The summed E-state index contributed by atoms with van der Waals surface area (Å²) >= 11 is 0. The lowest BCUT2D eigenvalue weighted by Crippen LogP contribution is -2.42. The van der Waals surface area contributed by atoms with Gasteiger partial charge in [0.25, 0.3) is 0 Å². The van der Waals surface area contributed by atoms with E-state index < -0.39 is 11.9 Å². The molecule has 0 radical (unpaired) electrons. The number of hydrogen-bond donors (Lipinski definition) is 3. The van der Waals surface area contributed by atoms with Gasteiger partial charge in [-0.3, -0.25) is 4.99 Å². The Hall–Kier alpha value is -1.67. The molecule has 0 saturated heterocycles. The maximum atomic E-state index is 13.7. The van der Waals surface area contributed by atoms with E-state index in [9.17, 15) is 9.50 Å². The summed E-state index contributed by atoms with van der Waals surface area (Å²) in [5, 5.41) is 16.7. The third kappa shape index (κ3) is 8.26. The van der Waals surface area contributed by atoms with Gasteiger partial charge in [0.1, 0.15) is 11.9 Å². The number of nitrogens with one attached hydrogen (secondary N) is 2. The molecular formula is C21H29FIN3O.